The van der Waals surface area contributed by atoms with Crippen LogP contribution in [0.1, 0.15) is 41.2 Å². The molecule has 1 atom stereocenters. The Labute approximate surface area is 132 Å². The Bertz CT molecular complexity index is 684. The molecule has 1 aromatic heterocycles. The molecule has 0 aliphatic carbocycles. The van der Waals surface area contributed by atoms with Crippen molar-refractivity contribution >= 4 is 29.1 Å². The van der Waals surface area contributed by atoms with Gasteiger partial charge >= 0.3 is 0 Å². The molecule has 1 amide bonds. The molecule has 2 aromatic rings. The largest absolute Gasteiger partial charge is 0.338 e. The van der Waals surface area contributed by atoms with Crippen LogP contribution in [0, 0.1) is 6.92 Å². The lowest BCUT2D eigenvalue weighted by molar-refractivity contribution is -0.113. The number of anilines is 1. The van der Waals surface area contributed by atoms with Crippen molar-refractivity contribution in [2.45, 2.75) is 26.0 Å². The molecular formula is C15H17N3O3S. The van der Waals surface area contributed by atoms with Crippen LogP contribution in [0.25, 0.3) is 0 Å². The molecule has 6 nitrogen and oxygen atoms in total. The molecule has 0 unspecified atom stereocenters. The van der Waals surface area contributed by atoms with E-state index in [9.17, 15) is 9.59 Å². The standard InChI is InChI=1S/C15H17N3O3S/c1-9(19)12-5-4-6-13(7-12)17-14(20)8-22-10(2)15-16-11(3)18-21-15/h4-7,10H,8H2,1-3H3,(H,17,20)/t10-/m0/s1. The molecule has 0 saturated carbocycles. The first-order valence-electron chi connectivity index (χ1n) is 6.78. The van der Waals surface area contributed by atoms with Crippen LogP contribution in [-0.2, 0) is 4.79 Å². The molecule has 0 saturated heterocycles. The summed E-state index contributed by atoms with van der Waals surface area (Å²) in [4.78, 5) is 27.4. The fourth-order valence-electron chi connectivity index (χ4n) is 1.76. The fourth-order valence-corrected chi connectivity index (χ4v) is 2.48. The first kappa shape index (κ1) is 16.2. The number of ketones is 1. The number of hydrogen-bond acceptors (Lipinski definition) is 6. The van der Waals surface area contributed by atoms with Gasteiger partial charge in [0, 0.05) is 11.3 Å². The minimum Gasteiger partial charge on any atom is -0.338 e. The Morgan fingerprint density at radius 3 is 2.82 bits per heavy atom. The van der Waals surface area contributed by atoms with Gasteiger partial charge in [0.15, 0.2) is 11.6 Å². The molecular weight excluding hydrogens is 302 g/mol. The van der Waals surface area contributed by atoms with Gasteiger partial charge in [-0.3, -0.25) is 9.59 Å². The third kappa shape index (κ3) is 4.42. The summed E-state index contributed by atoms with van der Waals surface area (Å²) in [6, 6.07) is 6.87. The minimum atomic E-state index is -0.145. The summed E-state index contributed by atoms with van der Waals surface area (Å²) >= 11 is 1.41. The van der Waals surface area contributed by atoms with E-state index < -0.39 is 0 Å². The van der Waals surface area contributed by atoms with E-state index in [0.29, 0.717) is 23.0 Å². The highest BCUT2D eigenvalue weighted by atomic mass is 32.2. The van der Waals surface area contributed by atoms with Crippen molar-refractivity contribution in [1.82, 2.24) is 10.1 Å². The highest BCUT2D eigenvalue weighted by Gasteiger charge is 2.15. The average Bonchev–Trinajstić information content (AvgIpc) is 2.91. The molecule has 0 aliphatic heterocycles. The van der Waals surface area contributed by atoms with Gasteiger partial charge in [-0.1, -0.05) is 17.3 Å². The van der Waals surface area contributed by atoms with Gasteiger partial charge in [0.05, 0.1) is 11.0 Å². The molecule has 2 rings (SSSR count). The average molecular weight is 319 g/mol. The zero-order valence-corrected chi connectivity index (χ0v) is 13.4. The minimum absolute atomic E-state index is 0.0362. The third-order valence-corrected chi connectivity index (χ3v) is 4.04. The van der Waals surface area contributed by atoms with Crippen molar-refractivity contribution in [2.24, 2.45) is 0 Å². The number of Topliss-reactive ketones (excluding diaryl/α,β-unsaturated/α-hetero) is 1. The zero-order chi connectivity index (χ0) is 16.1. The number of nitrogens with one attached hydrogen (secondary N) is 1. The van der Waals surface area contributed by atoms with E-state index >= 15 is 0 Å². The lowest BCUT2D eigenvalue weighted by atomic mass is 10.1. The lowest BCUT2D eigenvalue weighted by Crippen LogP contribution is -2.15. The highest BCUT2D eigenvalue weighted by Crippen LogP contribution is 2.26. The first-order chi connectivity index (χ1) is 10.5. The maximum absolute atomic E-state index is 12.0. The topological polar surface area (TPSA) is 85.1 Å². The van der Waals surface area contributed by atoms with Crippen LogP contribution in [0.15, 0.2) is 28.8 Å². The number of carbonyl (C=O) groups excluding carboxylic acids is 2. The Morgan fingerprint density at radius 1 is 1.41 bits per heavy atom. The van der Waals surface area contributed by atoms with E-state index in [1.54, 1.807) is 31.2 Å². The Morgan fingerprint density at radius 2 is 2.18 bits per heavy atom. The summed E-state index contributed by atoms with van der Waals surface area (Å²) < 4.78 is 5.07. The van der Waals surface area contributed by atoms with Gasteiger partial charge in [-0.15, -0.1) is 11.8 Å². The van der Waals surface area contributed by atoms with Crippen molar-refractivity contribution in [3.63, 3.8) is 0 Å². The zero-order valence-electron chi connectivity index (χ0n) is 12.6. The van der Waals surface area contributed by atoms with Crippen LogP contribution < -0.4 is 5.32 Å². The summed E-state index contributed by atoms with van der Waals surface area (Å²) in [6.07, 6.45) is 0. The Balaban J connectivity index is 1.88. The summed E-state index contributed by atoms with van der Waals surface area (Å²) in [7, 11) is 0. The predicted molar refractivity (Wildman–Crippen MR) is 85.0 cm³/mol. The SMILES string of the molecule is CC(=O)c1cccc(NC(=O)CS[C@@H](C)c2nc(C)no2)c1. The monoisotopic (exact) mass is 319 g/mol. The highest BCUT2D eigenvalue weighted by molar-refractivity contribution is 8.00. The van der Waals surface area contributed by atoms with Gasteiger partial charge in [0.1, 0.15) is 0 Å². The van der Waals surface area contributed by atoms with Crippen molar-refractivity contribution in [3.05, 3.63) is 41.5 Å². The number of carbonyl (C=O) groups is 2. The molecule has 1 heterocycles. The number of thioether (sulfide) groups is 1. The van der Waals surface area contributed by atoms with Crippen LogP contribution in [0.3, 0.4) is 0 Å². The number of nitrogens with zero attached hydrogens (tertiary/aromatic N) is 2. The maximum Gasteiger partial charge on any atom is 0.239 e. The van der Waals surface area contributed by atoms with E-state index in [0.717, 1.165) is 0 Å². The van der Waals surface area contributed by atoms with E-state index in [1.165, 1.54) is 18.7 Å². The summed E-state index contributed by atoms with van der Waals surface area (Å²) in [5.41, 5.74) is 1.18. The predicted octanol–water partition coefficient (Wildman–Crippen LogP) is 3.01. The van der Waals surface area contributed by atoms with E-state index in [1.807, 2.05) is 6.92 Å². The second-order valence-corrected chi connectivity index (χ2v) is 6.15. The van der Waals surface area contributed by atoms with E-state index in [2.05, 4.69) is 15.5 Å². The van der Waals surface area contributed by atoms with Crippen LogP contribution in [0.5, 0.6) is 0 Å². The maximum atomic E-state index is 12.0. The molecule has 116 valence electrons. The molecule has 0 radical (unpaired) electrons. The van der Waals surface area contributed by atoms with Gasteiger partial charge in [0.2, 0.25) is 11.8 Å². The van der Waals surface area contributed by atoms with Gasteiger partial charge in [0.25, 0.3) is 0 Å². The molecule has 22 heavy (non-hydrogen) atoms. The Kier molecular flexibility index (Phi) is 5.32. The number of hydrogen-bond donors (Lipinski definition) is 1. The molecule has 0 aliphatic rings. The molecule has 1 N–H and O–H groups in total. The fraction of sp³-hybridized carbons (Fsp3) is 0.333. The summed E-state index contributed by atoms with van der Waals surface area (Å²) in [5.74, 6) is 1.16. The van der Waals surface area contributed by atoms with Gasteiger partial charge in [-0.2, -0.15) is 4.98 Å². The van der Waals surface area contributed by atoms with E-state index in [4.69, 9.17) is 4.52 Å². The first-order valence-corrected chi connectivity index (χ1v) is 7.83. The molecule has 0 fully saturated rings. The van der Waals surface area contributed by atoms with Crippen molar-refractivity contribution < 1.29 is 14.1 Å². The van der Waals surface area contributed by atoms with Gasteiger partial charge in [-0.25, -0.2) is 0 Å². The van der Waals surface area contributed by atoms with Crippen molar-refractivity contribution in [3.8, 4) is 0 Å². The van der Waals surface area contributed by atoms with Crippen LogP contribution in [0.4, 0.5) is 5.69 Å². The van der Waals surface area contributed by atoms with Crippen LogP contribution in [-0.4, -0.2) is 27.6 Å². The number of benzene rings is 1. The lowest BCUT2D eigenvalue weighted by Gasteiger charge is -2.08. The number of rotatable bonds is 6. The third-order valence-electron chi connectivity index (χ3n) is 2.91. The smallest absolute Gasteiger partial charge is 0.239 e. The number of aryl methyl sites for hydroxylation is 1. The number of aromatic nitrogens is 2. The molecule has 0 spiro atoms. The van der Waals surface area contributed by atoms with Crippen LogP contribution in [0.2, 0.25) is 0 Å². The second-order valence-electron chi connectivity index (χ2n) is 4.82. The van der Waals surface area contributed by atoms with Crippen molar-refractivity contribution in [1.29, 1.82) is 0 Å². The number of amides is 1. The Hall–Kier alpha value is -2.15. The summed E-state index contributed by atoms with van der Waals surface area (Å²) in [5, 5.41) is 6.44. The quantitative estimate of drug-likeness (QED) is 0.824. The van der Waals surface area contributed by atoms with E-state index in [-0.39, 0.29) is 22.7 Å². The summed E-state index contributed by atoms with van der Waals surface area (Å²) in [6.45, 7) is 5.14. The molecule has 7 heteroatoms. The molecule has 0 bridgehead atoms. The molecule has 1 aromatic carbocycles. The van der Waals surface area contributed by atoms with Crippen LogP contribution >= 0.6 is 11.8 Å². The van der Waals surface area contributed by atoms with Gasteiger partial charge in [-0.05, 0) is 32.9 Å². The van der Waals surface area contributed by atoms with Crippen molar-refractivity contribution in [2.75, 3.05) is 11.1 Å². The second kappa shape index (κ2) is 7.22. The van der Waals surface area contributed by atoms with Gasteiger partial charge < -0.3 is 9.84 Å². The normalized spacial score (nSPS) is 12.0.